The number of carboxylic acid groups (broad SMARTS) is 1. The molecule has 0 radical (unpaired) electrons. The van der Waals surface area contributed by atoms with Crippen molar-refractivity contribution in [1.29, 1.82) is 0 Å². The van der Waals surface area contributed by atoms with Gasteiger partial charge in [0, 0.05) is 12.8 Å². The summed E-state index contributed by atoms with van der Waals surface area (Å²) >= 11 is 0. The van der Waals surface area contributed by atoms with Crippen LogP contribution in [0, 0.1) is 0 Å². The first-order chi connectivity index (χ1) is 24.5. The van der Waals surface area contributed by atoms with Gasteiger partial charge in [0.25, 0.3) is 0 Å². The average molecular weight is 696 g/mol. The minimum atomic E-state index is -1.03. The molecular weight excluding hydrogens is 622 g/mol. The van der Waals surface area contributed by atoms with E-state index in [2.05, 4.69) is 92.1 Å². The molecule has 0 aliphatic rings. The van der Waals surface area contributed by atoms with Gasteiger partial charge in [-0.3, -0.25) is 14.4 Å². The summed E-state index contributed by atoms with van der Waals surface area (Å²) in [7, 11) is 0. The van der Waals surface area contributed by atoms with Crippen LogP contribution in [0.2, 0.25) is 0 Å². The Bertz CT molecular complexity index is 990. The van der Waals surface area contributed by atoms with Gasteiger partial charge in [0.05, 0.1) is 0 Å². The molecule has 1 amide bonds. The van der Waals surface area contributed by atoms with E-state index in [4.69, 9.17) is 9.84 Å². The van der Waals surface area contributed by atoms with E-state index < -0.39 is 5.97 Å². The standard InChI is InChI=1S/C44H73NO5/c1-3-5-7-9-11-13-15-17-18-20-22-24-26-31-35-39-44(49)50-41(37-33-29-27-30-34-38-42(46)45-40-43(47)48)36-32-28-25-23-21-19-16-14-12-10-8-6-4-2/h5,7,11,13,16-19,22-25,41H,3-4,6,8-10,12,14-15,20-21,26-40H2,1-2H3,(H,45,46)(H,47,48)/b7-5-,13-11-,18-17-,19-16-,24-22-,25-23-. The number of aliphatic carboxylic acids is 1. The molecule has 50 heavy (non-hydrogen) atoms. The van der Waals surface area contributed by atoms with Crippen molar-refractivity contribution in [1.82, 2.24) is 5.32 Å². The highest BCUT2D eigenvalue weighted by atomic mass is 16.5. The number of carboxylic acids is 1. The van der Waals surface area contributed by atoms with E-state index in [0.29, 0.717) is 12.8 Å². The van der Waals surface area contributed by atoms with Crippen LogP contribution in [0.5, 0.6) is 0 Å². The SMILES string of the molecule is CC/C=C\C/C=C\C/C=C\C/C=C\CCCCC(=O)OC(CCC/C=C\C/C=C\CCCCCCC)CCCCCCCC(=O)NCC(=O)O. The van der Waals surface area contributed by atoms with Crippen molar-refractivity contribution in [3.8, 4) is 0 Å². The van der Waals surface area contributed by atoms with Crippen molar-refractivity contribution in [2.45, 2.75) is 180 Å². The Morgan fingerprint density at radius 2 is 1.00 bits per heavy atom. The zero-order valence-corrected chi connectivity index (χ0v) is 32.0. The number of unbranched alkanes of at least 4 members (excludes halogenated alkanes) is 12. The maximum absolute atomic E-state index is 12.7. The van der Waals surface area contributed by atoms with Gasteiger partial charge in [-0.2, -0.15) is 0 Å². The number of nitrogens with one attached hydrogen (secondary N) is 1. The largest absolute Gasteiger partial charge is 0.480 e. The first-order valence-corrected chi connectivity index (χ1v) is 20.1. The molecule has 1 atom stereocenters. The molecule has 6 heteroatoms. The summed E-state index contributed by atoms with van der Waals surface area (Å²) in [5.74, 6) is -1.31. The van der Waals surface area contributed by atoms with E-state index in [1.54, 1.807) is 0 Å². The Labute approximate surface area is 306 Å². The molecule has 1 unspecified atom stereocenters. The normalized spacial score (nSPS) is 12.8. The van der Waals surface area contributed by atoms with Gasteiger partial charge < -0.3 is 15.2 Å². The molecule has 6 nitrogen and oxygen atoms in total. The third-order valence-corrected chi connectivity index (χ3v) is 8.36. The van der Waals surface area contributed by atoms with E-state index >= 15 is 0 Å². The van der Waals surface area contributed by atoms with Gasteiger partial charge in [0.2, 0.25) is 5.91 Å². The third kappa shape index (κ3) is 37.7. The van der Waals surface area contributed by atoms with E-state index in [1.165, 1.54) is 38.5 Å². The van der Waals surface area contributed by atoms with Crippen molar-refractivity contribution in [3.05, 3.63) is 72.9 Å². The number of allylic oxidation sites excluding steroid dienone is 12. The molecule has 0 fully saturated rings. The number of amides is 1. The van der Waals surface area contributed by atoms with Gasteiger partial charge in [-0.25, -0.2) is 0 Å². The zero-order valence-electron chi connectivity index (χ0n) is 32.0. The summed E-state index contributed by atoms with van der Waals surface area (Å²) in [6.45, 7) is 4.08. The lowest BCUT2D eigenvalue weighted by molar-refractivity contribution is -0.150. The van der Waals surface area contributed by atoms with Crippen LogP contribution in [0.15, 0.2) is 72.9 Å². The Hall–Kier alpha value is -3.15. The second kappa shape index (κ2) is 38.6. The molecular formula is C44H73NO5. The first kappa shape index (κ1) is 46.9. The molecule has 0 bridgehead atoms. The van der Waals surface area contributed by atoms with Gasteiger partial charge in [0.1, 0.15) is 12.6 Å². The van der Waals surface area contributed by atoms with Crippen LogP contribution in [-0.4, -0.2) is 35.6 Å². The second-order valence-electron chi connectivity index (χ2n) is 13.1. The number of hydrogen-bond acceptors (Lipinski definition) is 4. The fourth-order valence-electron chi connectivity index (χ4n) is 5.42. The third-order valence-electron chi connectivity index (χ3n) is 8.36. The fourth-order valence-corrected chi connectivity index (χ4v) is 5.42. The minimum Gasteiger partial charge on any atom is -0.480 e. The second-order valence-corrected chi connectivity index (χ2v) is 13.1. The monoisotopic (exact) mass is 696 g/mol. The van der Waals surface area contributed by atoms with Crippen molar-refractivity contribution >= 4 is 17.8 Å². The van der Waals surface area contributed by atoms with Crippen LogP contribution in [-0.2, 0) is 19.1 Å². The highest BCUT2D eigenvalue weighted by Crippen LogP contribution is 2.17. The molecule has 0 aromatic heterocycles. The molecule has 0 aromatic rings. The number of hydrogen-bond donors (Lipinski definition) is 2. The Morgan fingerprint density at radius 3 is 1.60 bits per heavy atom. The maximum Gasteiger partial charge on any atom is 0.322 e. The molecule has 0 aliphatic carbocycles. The van der Waals surface area contributed by atoms with E-state index in [1.807, 2.05) is 0 Å². The number of rotatable bonds is 35. The number of carbonyl (C=O) groups is 3. The van der Waals surface area contributed by atoms with Crippen LogP contribution in [0.25, 0.3) is 0 Å². The van der Waals surface area contributed by atoms with Crippen LogP contribution in [0.1, 0.15) is 174 Å². The smallest absolute Gasteiger partial charge is 0.322 e. The average Bonchev–Trinajstić information content (AvgIpc) is 3.10. The highest BCUT2D eigenvalue weighted by molar-refractivity contribution is 5.80. The molecule has 0 aliphatic heterocycles. The minimum absolute atomic E-state index is 0.0420. The molecule has 2 N–H and O–H groups in total. The van der Waals surface area contributed by atoms with Crippen molar-refractivity contribution in [2.24, 2.45) is 0 Å². The van der Waals surface area contributed by atoms with E-state index in [9.17, 15) is 14.4 Å². The number of ether oxygens (including phenoxy) is 1. The van der Waals surface area contributed by atoms with E-state index in [-0.39, 0.29) is 24.5 Å². The Kier molecular flexibility index (Phi) is 36.2. The summed E-state index contributed by atoms with van der Waals surface area (Å²) in [5.41, 5.74) is 0. The fraction of sp³-hybridized carbons (Fsp3) is 0.659. The molecule has 284 valence electrons. The number of carbonyl (C=O) groups excluding carboxylic acids is 2. The van der Waals surface area contributed by atoms with Gasteiger partial charge in [-0.05, 0) is 103 Å². The van der Waals surface area contributed by atoms with Crippen LogP contribution in [0.3, 0.4) is 0 Å². The lowest BCUT2D eigenvalue weighted by Crippen LogP contribution is -2.28. The molecule has 0 rings (SSSR count). The van der Waals surface area contributed by atoms with Crippen molar-refractivity contribution in [3.63, 3.8) is 0 Å². The highest BCUT2D eigenvalue weighted by Gasteiger charge is 2.14. The first-order valence-electron chi connectivity index (χ1n) is 20.1. The van der Waals surface area contributed by atoms with Crippen LogP contribution < -0.4 is 5.32 Å². The molecule has 0 spiro atoms. The zero-order chi connectivity index (χ0) is 36.6. The summed E-state index contributed by atoms with van der Waals surface area (Å²) in [6, 6.07) is 0. The topological polar surface area (TPSA) is 92.7 Å². The predicted octanol–water partition coefficient (Wildman–Crippen LogP) is 12.2. The molecule has 0 heterocycles. The lowest BCUT2D eigenvalue weighted by Gasteiger charge is -2.18. The molecule has 0 saturated heterocycles. The van der Waals surface area contributed by atoms with Gasteiger partial charge in [-0.15, -0.1) is 0 Å². The summed E-state index contributed by atoms with van der Waals surface area (Å²) in [4.78, 5) is 34.9. The Balaban J connectivity index is 4.37. The summed E-state index contributed by atoms with van der Waals surface area (Å²) in [6.07, 6.45) is 51.6. The lowest BCUT2D eigenvalue weighted by atomic mass is 10.0. The van der Waals surface area contributed by atoms with Gasteiger partial charge in [0.15, 0.2) is 0 Å². The van der Waals surface area contributed by atoms with Gasteiger partial charge in [-0.1, -0.05) is 132 Å². The van der Waals surface area contributed by atoms with Crippen molar-refractivity contribution in [2.75, 3.05) is 6.54 Å². The number of esters is 1. The van der Waals surface area contributed by atoms with Gasteiger partial charge >= 0.3 is 11.9 Å². The maximum atomic E-state index is 12.7. The summed E-state index contributed by atoms with van der Waals surface area (Å²) in [5, 5.41) is 11.1. The predicted molar refractivity (Wildman–Crippen MR) is 212 cm³/mol. The quantitative estimate of drug-likeness (QED) is 0.0391. The molecule has 0 aromatic carbocycles. The molecule has 0 saturated carbocycles. The van der Waals surface area contributed by atoms with Crippen LogP contribution in [0.4, 0.5) is 0 Å². The summed E-state index contributed by atoms with van der Waals surface area (Å²) < 4.78 is 5.97. The Morgan fingerprint density at radius 1 is 0.540 bits per heavy atom. The van der Waals surface area contributed by atoms with E-state index in [0.717, 1.165) is 109 Å². The van der Waals surface area contributed by atoms with Crippen LogP contribution >= 0.6 is 0 Å². The van der Waals surface area contributed by atoms with Crippen molar-refractivity contribution < 1.29 is 24.2 Å².